The summed E-state index contributed by atoms with van der Waals surface area (Å²) in [6, 6.07) is 0. The molecule has 4 N–H and O–H groups in total. The molecule has 4 heterocycles. The molecule has 4 aliphatic heterocycles. The van der Waals surface area contributed by atoms with Crippen molar-refractivity contribution in [3.8, 4) is 11.5 Å². The molecule has 0 unspecified atom stereocenters. The van der Waals surface area contributed by atoms with E-state index in [2.05, 4.69) is 5.32 Å². The largest absolute Gasteiger partial charge is 0.507 e. The van der Waals surface area contributed by atoms with E-state index in [0.717, 1.165) is 6.26 Å². The number of benzene rings is 1. The van der Waals surface area contributed by atoms with E-state index in [1.165, 1.54) is 51.9 Å². The molecule has 15 nitrogen and oxygen atoms in total. The Morgan fingerprint density at radius 3 is 2.18 bits per heavy atom. The number of nitrogens with zero attached hydrogens (tertiary/aromatic N) is 1. The maximum atomic E-state index is 14.7. The van der Waals surface area contributed by atoms with Gasteiger partial charge in [0.2, 0.25) is 11.6 Å². The van der Waals surface area contributed by atoms with Crippen molar-refractivity contribution in [1.29, 1.82) is 0 Å². The molecule has 1 fully saturated rings. The van der Waals surface area contributed by atoms with Crippen LogP contribution in [0.1, 0.15) is 97.9 Å². The van der Waals surface area contributed by atoms with E-state index < -0.39 is 106 Å². The highest BCUT2D eigenvalue weighted by Gasteiger charge is 2.53. The number of aromatic hydroxyl groups is 1. The molecule has 1 aromatic carbocycles. The van der Waals surface area contributed by atoms with E-state index in [4.69, 9.17) is 18.9 Å². The van der Waals surface area contributed by atoms with Gasteiger partial charge >= 0.3 is 11.8 Å². The second-order valence-electron chi connectivity index (χ2n) is 15.5. The van der Waals surface area contributed by atoms with Crippen molar-refractivity contribution >= 4 is 35.0 Å². The molecular formula is C42H52N2O13. The van der Waals surface area contributed by atoms with Crippen molar-refractivity contribution in [2.24, 2.45) is 23.7 Å². The van der Waals surface area contributed by atoms with E-state index in [1.54, 1.807) is 39.8 Å². The summed E-state index contributed by atoms with van der Waals surface area (Å²) in [5.41, 5.74) is -1.78. The Hall–Kier alpha value is -5.12. The normalized spacial score (nSPS) is 31.5. The van der Waals surface area contributed by atoms with Gasteiger partial charge in [-0.2, -0.15) is 0 Å². The first kappa shape index (κ1) is 43.0. The molecule has 57 heavy (non-hydrogen) atoms. The number of hydrogen-bond donors (Lipinski definition) is 4. The average molecular weight is 793 g/mol. The fourth-order valence-electron chi connectivity index (χ4n) is 7.96. The Balaban J connectivity index is 1.67. The number of phenols is 1. The third-order valence-corrected chi connectivity index (χ3v) is 11.6. The number of aliphatic hydroxyl groups is 2. The van der Waals surface area contributed by atoms with Gasteiger partial charge in [-0.1, -0.05) is 45.9 Å². The first-order chi connectivity index (χ1) is 26.7. The van der Waals surface area contributed by atoms with Gasteiger partial charge in [-0.3, -0.25) is 28.8 Å². The minimum absolute atomic E-state index is 0.0234. The van der Waals surface area contributed by atoms with Crippen LogP contribution >= 0.6 is 0 Å². The van der Waals surface area contributed by atoms with E-state index in [1.807, 2.05) is 0 Å². The lowest BCUT2D eigenvalue weighted by Gasteiger charge is -2.38. The molecule has 1 amide bonds. The topological polar surface area (TPSA) is 215 Å². The molecule has 1 aromatic rings. The number of piperidine rings is 1. The van der Waals surface area contributed by atoms with Crippen LogP contribution in [-0.4, -0.2) is 106 Å². The number of likely N-dealkylation sites (tertiary alicyclic amines) is 1. The van der Waals surface area contributed by atoms with Gasteiger partial charge in [-0.05, 0) is 19.9 Å². The number of ether oxygens (including phenoxy) is 4. The second-order valence-corrected chi connectivity index (χ2v) is 15.5. The third-order valence-electron chi connectivity index (χ3n) is 11.6. The lowest BCUT2D eigenvalue weighted by molar-refractivity contribution is -0.160. The smallest absolute Gasteiger partial charge is 0.312 e. The molecule has 15 heteroatoms. The lowest BCUT2D eigenvalue weighted by Crippen LogP contribution is -2.46. The van der Waals surface area contributed by atoms with Gasteiger partial charge in [-0.15, -0.1) is 0 Å². The fourth-order valence-corrected chi connectivity index (χ4v) is 7.96. The van der Waals surface area contributed by atoms with E-state index >= 15 is 0 Å². The number of allylic oxidation sites excluding steroid dienone is 4. The van der Waals surface area contributed by atoms with Crippen molar-refractivity contribution in [3.05, 3.63) is 69.8 Å². The average Bonchev–Trinajstić information content (AvgIpc) is 3.43. The highest BCUT2D eigenvalue weighted by molar-refractivity contribution is 6.32. The van der Waals surface area contributed by atoms with Crippen LogP contribution in [0, 0.1) is 30.6 Å². The van der Waals surface area contributed by atoms with Gasteiger partial charge in [0.1, 0.15) is 34.8 Å². The molecule has 308 valence electrons. The molecule has 5 aliphatic rings. The zero-order valence-corrected chi connectivity index (χ0v) is 33.7. The van der Waals surface area contributed by atoms with Crippen LogP contribution < -0.4 is 10.1 Å². The summed E-state index contributed by atoms with van der Waals surface area (Å²) in [7, 11) is 1.42. The summed E-state index contributed by atoms with van der Waals surface area (Å²) in [6.45, 7) is 12.4. The first-order valence-electron chi connectivity index (χ1n) is 19.1. The summed E-state index contributed by atoms with van der Waals surface area (Å²) >= 11 is 0. The van der Waals surface area contributed by atoms with Gasteiger partial charge in [0.05, 0.1) is 41.3 Å². The number of fused-ring (bicyclic) bond motifs is 14. The van der Waals surface area contributed by atoms with Crippen LogP contribution in [0.5, 0.6) is 11.5 Å². The van der Waals surface area contributed by atoms with E-state index in [9.17, 15) is 44.1 Å². The number of esters is 1. The summed E-state index contributed by atoms with van der Waals surface area (Å²) in [4.78, 5) is 83.2. The Bertz CT molecular complexity index is 1990. The van der Waals surface area contributed by atoms with Crippen LogP contribution in [0.4, 0.5) is 0 Å². The van der Waals surface area contributed by atoms with Gasteiger partial charge in [-0.25, -0.2) is 0 Å². The number of ketones is 4. The third kappa shape index (κ3) is 8.05. The fraction of sp³-hybridized carbons (Fsp3) is 0.524. The zero-order valence-electron chi connectivity index (χ0n) is 33.7. The van der Waals surface area contributed by atoms with E-state index in [-0.39, 0.29) is 59.9 Å². The lowest BCUT2D eigenvalue weighted by atomic mass is 9.78. The van der Waals surface area contributed by atoms with Crippen molar-refractivity contribution in [3.63, 3.8) is 0 Å². The number of amides is 1. The SMILES string of the molecule is CO[C@H]1C=CO[C@@]2(C)Oc3c(C)c(O)c4c(c3C2=O)C(=O)C(N2CCC(=O)CC2)=C(NC(=O)C(C)=CC=C[C@H](C)[C@H](O)[C@@H](C)[C@@H](O)[C@@H](C)[C@H](OC(C)=O)[C@@H]1C)C4=O. The molecule has 1 aliphatic carbocycles. The highest BCUT2D eigenvalue weighted by atomic mass is 16.7. The maximum Gasteiger partial charge on any atom is 0.312 e. The standard InChI is InChI=1S/C42H52N2O13/c1-19-11-10-12-20(2)41(53)43-31-32(44-16-13-26(46)14-17-44)37(51)28-29(36(31)50)35(49)24(6)39-30(28)40(52)42(8,57-39)55-18-15-27(54-9)21(3)38(56-25(7)45)23(5)34(48)22(4)33(19)47/h10-12,15,18-19,21-23,27,33-34,38,47-49H,13-14,16-17H2,1-9H3,(H,43,53)/t19-,21+,22+,23+,27-,33-,34+,38+,42-/m0/s1. The number of phenolic OH excluding ortho intramolecular Hbond substituents is 1. The summed E-state index contributed by atoms with van der Waals surface area (Å²) in [5, 5.41) is 36.8. The predicted octanol–water partition coefficient (Wildman–Crippen LogP) is 3.62. The number of aliphatic hydroxyl groups excluding tert-OH is 2. The number of carbonyl (C=O) groups is 6. The van der Waals surface area contributed by atoms with E-state index in [0.29, 0.717) is 0 Å². The Morgan fingerprint density at radius 1 is 0.912 bits per heavy atom. The van der Waals surface area contributed by atoms with Gasteiger partial charge in [0.15, 0.2) is 0 Å². The Kier molecular flexibility index (Phi) is 12.7. The minimum Gasteiger partial charge on any atom is -0.507 e. The summed E-state index contributed by atoms with van der Waals surface area (Å²) < 4.78 is 23.4. The molecule has 0 spiro atoms. The number of methoxy groups -OCH3 is 1. The van der Waals surface area contributed by atoms with Gasteiger partial charge < -0.3 is 44.5 Å². The zero-order chi connectivity index (χ0) is 42.3. The van der Waals surface area contributed by atoms with Crippen LogP contribution in [0.15, 0.2) is 47.5 Å². The molecule has 0 aromatic heterocycles. The molecule has 9 atom stereocenters. The number of nitrogens with one attached hydrogen (secondary N) is 1. The second kappa shape index (κ2) is 16.8. The number of rotatable bonds is 3. The van der Waals surface area contributed by atoms with Gasteiger partial charge in [0.25, 0.3) is 11.7 Å². The molecule has 0 saturated carbocycles. The predicted molar refractivity (Wildman–Crippen MR) is 204 cm³/mol. The van der Waals surface area contributed by atoms with Crippen LogP contribution in [0.2, 0.25) is 0 Å². The number of carbonyl (C=O) groups excluding carboxylic acids is 6. The maximum absolute atomic E-state index is 14.7. The molecule has 6 rings (SSSR count). The summed E-state index contributed by atoms with van der Waals surface area (Å²) in [6.07, 6.45) is 3.43. The molecular weight excluding hydrogens is 740 g/mol. The Morgan fingerprint density at radius 2 is 1.56 bits per heavy atom. The number of hydrogen-bond acceptors (Lipinski definition) is 14. The highest BCUT2D eigenvalue weighted by Crippen LogP contribution is 2.49. The van der Waals surface area contributed by atoms with Crippen molar-refractivity contribution in [2.75, 3.05) is 20.2 Å². The monoisotopic (exact) mass is 792 g/mol. The molecule has 5 bridgehead atoms. The molecule has 1 saturated heterocycles. The van der Waals surface area contributed by atoms with Crippen LogP contribution in [-0.2, 0) is 28.6 Å². The van der Waals surface area contributed by atoms with Crippen molar-refractivity contribution in [1.82, 2.24) is 10.2 Å². The van der Waals surface area contributed by atoms with Gasteiger partial charge in [0, 0.05) is 81.7 Å². The molecule has 0 radical (unpaired) electrons. The first-order valence-corrected chi connectivity index (χ1v) is 19.1. The van der Waals surface area contributed by atoms with Crippen LogP contribution in [0.25, 0.3) is 0 Å². The Labute approximate surface area is 331 Å². The minimum atomic E-state index is -2.10. The number of Topliss-reactive ketones (excluding diaryl/α,β-unsaturated/α-hetero) is 4. The van der Waals surface area contributed by atoms with Crippen molar-refractivity contribution < 1.29 is 63.0 Å². The van der Waals surface area contributed by atoms with Crippen LogP contribution in [0.3, 0.4) is 0 Å². The quantitative estimate of drug-likeness (QED) is 0.322. The van der Waals surface area contributed by atoms with Crippen molar-refractivity contribution in [2.45, 2.75) is 98.4 Å². The summed E-state index contributed by atoms with van der Waals surface area (Å²) in [5.74, 6) is -9.47.